The van der Waals surface area contributed by atoms with Crippen LogP contribution in [0.1, 0.15) is 21.5 Å². The van der Waals surface area contributed by atoms with E-state index in [-0.39, 0.29) is 17.3 Å². The van der Waals surface area contributed by atoms with Gasteiger partial charge in [0.2, 0.25) is 0 Å². The number of hydrogen-bond acceptors (Lipinski definition) is 7. The van der Waals surface area contributed by atoms with Crippen LogP contribution in [0.3, 0.4) is 0 Å². The molecule has 4 aromatic carbocycles. The van der Waals surface area contributed by atoms with Crippen LogP contribution in [0.5, 0.6) is 17.2 Å². The van der Waals surface area contributed by atoms with Crippen LogP contribution in [0.25, 0.3) is 0 Å². The molecule has 0 saturated heterocycles. The fraction of sp³-hybridized carbons (Fsp3) is 0.156. The number of ether oxygens (including phenoxy) is 4. The first-order valence-corrected chi connectivity index (χ1v) is 12.8. The monoisotopic (exact) mass is 554 g/mol. The average Bonchev–Trinajstić information content (AvgIpc) is 3.01. The fourth-order valence-electron chi connectivity index (χ4n) is 3.91. The molecular formula is C32H30N2O7. The Kier molecular flexibility index (Phi) is 9.92. The summed E-state index contributed by atoms with van der Waals surface area (Å²) in [5.41, 5.74) is 2.33. The molecule has 4 aromatic rings. The molecule has 0 atom stereocenters. The van der Waals surface area contributed by atoms with Crippen molar-refractivity contribution in [1.29, 1.82) is 0 Å². The molecule has 0 radical (unpaired) electrons. The predicted molar refractivity (Wildman–Crippen MR) is 153 cm³/mol. The number of anilines is 1. The molecule has 0 saturated carbocycles. The van der Waals surface area contributed by atoms with E-state index >= 15 is 0 Å². The maximum absolute atomic E-state index is 13.5. The van der Waals surface area contributed by atoms with Crippen LogP contribution in [-0.2, 0) is 27.4 Å². The van der Waals surface area contributed by atoms with Gasteiger partial charge in [-0.25, -0.2) is 14.4 Å². The number of para-hydroxylation sites is 1. The first-order valence-electron chi connectivity index (χ1n) is 12.8. The Bertz CT molecular complexity index is 1460. The van der Waals surface area contributed by atoms with Crippen molar-refractivity contribution in [2.45, 2.75) is 13.1 Å². The summed E-state index contributed by atoms with van der Waals surface area (Å²) in [6.07, 6.45) is 0. The van der Waals surface area contributed by atoms with Crippen LogP contribution in [0.2, 0.25) is 0 Å². The van der Waals surface area contributed by atoms with Gasteiger partial charge in [-0.1, -0.05) is 60.7 Å². The van der Waals surface area contributed by atoms with Crippen molar-refractivity contribution in [3.8, 4) is 17.2 Å². The van der Waals surface area contributed by atoms with E-state index < -0.39 is 18.5 Å². The molecular weight excluding hydrogens is 524 g/mol. The molecule has 0 heterocycles. The highest BCUT2D eigenvalue weighted by atomic mass is 16.6. The highest BCUT2D eigenvalue weighted by Crippen LogP contribution is 2.26. The Hall–Kier alpha value is -5.31. The van der Waals surface area contributed by atoms with Gasteiger partial charge >= 0.3 is 18.0 Å². The molecule has 0 aliphatic rings. The minimum absolute atomic E-state index is 0.0728. The number of benzene rings is 4. The largest absolute Gasteiger partial charge is 0.481 e. The zero-order valence-corrected chi connectivity index (χ0v) is 22.7. The molecule has 0 unspecified atom stereocenters. The molecule has 9 nitrogen and oxygen atoms in total. The lowest BCUT2D eigenvalue weighted by Gasteiger charge is -2.24. The third-order valence-electron chi connectivity index (χ3n) is 5.99. The Morgan fingerprint density at radius 2 is 1.32 bits per heavy atom. The average molecular weight is 555 g/mol. The van der Waals surface area contributed by atoms with Crippen molar-refractivity contribution in [3.63, 3.8) is 0 Å². The predicted octanol–water partition coefficient (Wildman–Crippen LogP) is 6.05. The summed E-state index contributed by atoms with van der Waals surface area (Å²) in [5.74, 6) is 0.226. The van der Waals surface area contributed by atoms with Crippen molar-refractivity contribution in [2.75, 3.05) is 26.1 Å². The van der Waals surface area contributed by atoms with Crippen LogP contribution in [0, 0.1) is 0 Å². The van der Waals surface area contributed by atoms with E-state index in [0.717, 1.165) is 16.9 Å². The molecule has 0 fully saturated rings. The number of methoxy groups -OCH3 is 2. The zero-order valence-electron chi connectivity index (χ0n) is 22.7. The van der Waals surface area contributed by atoms with Crippen molar-refractivity contribution in [3.05, 3.63) is 120 Å². The van der Waals surface area contributed by atoms with Gasteiger partial charge in [-0.3, -0.25) is 0 Å². The van der Waals surface area contributed by atoms with Crippen LogP contribution in [-0.4, -0.2) is 43.7 Å². The Morgan fingerprint density at radius 1 is 0.707 bits per heavy atom. The summed E-state index contributed by atoms with van der Waals surface area (Å²) in [5, 5.41) is 2.87. The second-order valence-corrected chi connectivity index (χ2v) is 8.90. The molecule has 0 aliphatic heterocycles. The van der Waals surface area contributed by atoms with Gasteiger partial charge in [-0.05, 0) is 47.5 Å². The van der Waals surface area contributed by atoms with Gasteiger partial charge in [0.05, 0.1) is 14.2 Å². The molecule has 41 heavy (non-hydrogen) atoms. The summed E-state index contributed by atoms with van der Waals surface area (Å²) in [7, 11) is 2.47. The smallest absolute Gasteiger partial charge is 0.343 e. The summed E-state index contributed by atoms with van der Waals surface area (Å²) in [6, 6.07) is 30.8. The number of amides is 2. The normalized spacial score (nSPS) is 10.3. The topological polar surface area (TPSA) is 103 Å². The molecule has 0 aliphatic carbocycles. The standard InChI is InChI=1S/C32H30N2O7/c1-38-30(35)22-40-29-19-25(15-18-28(29)31(36)39-2)33-32(37)34(20-23-9-5-3-6-10-23)21-24-13-16-27(17-14-24)41-26-11-7-4-8-12-26/h3-19H,20-22H2,1-2H3,(H,33,37). The number of nitrogens with zero attached hydrogens (tertiary/aromatic N) is 1. The van der Waals surface area contributed by atoms with Gasteiger partial charge in [0.25, 0.3) is 0 Å². The van der Waals surface area contributed by atoms with Gasteiger partial charge in [0, 0.05) is 24.8 Å². The second kappa shape index (κ2) is 14.2. The molecule has 0 bridgehead atoms. The SMILES string of the molecule is COC(=O)COc1cc(NC(=O)N(Cc2ccccc2)Cc2ccc(Oc3ccccc3)cc2)ccc1C(=O)OC. The van der Waals surface area contributed by atoms with Crippen molar-refractivity contribution in [1.82, 2.24) is 4.90 Å². The van der Waals surface area contributed by atoms with Crippen LogP contribution in [0.15, 0.2) is 103 Å². The van der Waals surface area contributed by atoms with E-state index in [2.05, 4.69) is 10.1 Å². The van der Waals surface area contributed by atoms with Crippen LogP contribution in [0.4, 0.5) is 10.5 Å². The van der Waals surface area contributed by atoms with Gasteiger partial charge in [-0.2, -0.15) is 0 Å². The third kappa shape index (κ3) is 8.34. The maximum atomic E-state index is 13.5. The molecule has 0 aromatic heterocycles. The third-order valence-corrected chi connectivity index (χ3v) is 5.99. The number of carbonyl (C=O) groups is 3. The molecule has 2 amide bonds. The lowest BCUT2D eigenvalue weighted by Crippen LogP contribution is -2.34. The van der Waals surface area contributed by atoms with Gasteiger partial charge in [-0.15, -0.1) is 0 Å². The Labute approximate surface area is 238 Å². The number of urea groups is 1. The number of carbonyl (C=O) groups excluding carboxylic acids is 3. The lowest BCUT2D eigenvalue weighted by atomic mass is 10.1. The summed E-state index contributed by atoms with van der Waals surface area (Å²) in [4.78, 5) is 39.0. The van der Waals surface area contributed by atoms with Gasteiger partial charge < -0.3 is 29.2 Å². The molecule has 210 valence electrons. The number of esters is 2. The zero-order chi connectivity index (χ0) is 29.0. The van der Waals surface area contributed by atoms with Crippen molar-refractivity contribution in [2.24, 2.45) is 0 Å². The van der Waals surface area contributed by atoms with Crippen molar-refractivity contribution < 1.29 is 33.3 Å². The first-order chi connectivity index (χ1) is 19.9. The number of nitrogens with one attached hydrogen (secondary N) is 1. The van der Waals surface area contributed by atoms with Gasteiger partial charge in [0.1, 0.15) is 22.8 Å². The Balaban J connectivity index is 1.52. The number of hydrogen-bond donors (Lipinski definition) is 1. The summed E-state index contributed by atoms with van der Waals surface area (Å²) < 4.78 is 20.8. The highest BCUT2D eigenvalue weighted by molar-refractivity contribution is 5.95. The van der Waals surface area contributed by atoms with E-state index in [1.807, 2.05) is 84.9 Å². The number of rotatable bonds is 11. The maximum Gasteiger partial charge on any atom is 0.343 e. The highest BCUT2D eigenvalue weighted by Gasteiger charge is 2.19. The molecule has 9 heteroatoms. The van der Waals surface area contributed by atoms with E-state index in [1.165, 1.54) is 26.4 Å². The van der Waals surface area contributed by atoms with E-state index in [4.69, 9.17) is 14.2 Å². The van der Waals surface area contributed by atoms with E-state index in [1.54, 1.807) is 11.0 Å². The van der Waals surface area contributed by atoms with Gasteiger partial charge in [0.15, 0.2) is 6.61 Å². The lowest BCUT2D eigenvalue weighted by molar-refractivity contribution is -0.142. The fourth-order valence-corrected chi connectivity index (χ4v) is 3.91. The van der Waals surface area contributed by atoms with Crippen LogP contribution >= 0.6 is 0 Å². The molecule has 1 N–H and O–H groups in total. The second-order valence-electron chi connectivity index (χ2n) is 8.90. The Morgan fingerprint density at radius 3 is 1.95 bits per heavy atom. The van der Waals surface area contributed by atoms with E-state index in [9.17, 15) is 14.4 Å². The molecule has 0 spiro atoms. The van der Waals surface area contributed by atoms with Crippen LogP contribution < -0.4 is 14.8 Å². The summed E-state index contributed by atoms with van der Waals surface area (Å²) >= 11 is 0. The minimum Gasteiger partial charge on any atom is -0.481 e. The van der Waals surface area contributed by atoms with E-state index in [0.29, 0.717) is 24.5 Å². The quantitative estimate of drug-likeness (QED) is 0.225. The summed E-state index contributed by atoms with van der Waals surface area (Å²) in [6.45, 7) is 0.251. The van der Waals surface area contributed by atoms with Crippen molar-refractivity contribution >= 4 is 23.7 Å². The minimum atomic E-state index is -0.645. The molecule has 4 rings (SSSR count). The first kappa shape index (κ1) is 28.7.